The molecule has 2 nitrogen and oxygen atoms in total. The largest absolute Gasteiger partial charge is 0.404 e. The molecule has 0 spiro atoms. The van der Waals surface area contributed by atoms with Crippen LogP contribution in [0, 0.1) is 0 Å². The second-order valence-corrected chi connectivity index (χ2v) is 1.38. The molecule has 0 rings (SSSR count). The Labute approximate surface area is 56.8 Å². The van der Waals surface area contributed by atoms with Gasteiger partial charge in [0, 0.05) is 6.54 Å². The van der Waals surface area contributed by atoms with Gasteiger partial charge in [-0.25, -0.2) is 0 Å². The minimum Gasteiger partial charge on any atom is -0.329 e. The van der Waals surface area contributed by atoms with Crippen molar-refractivity contribution in [3.8, 4) is 0 Å². The highest BCUT2D eigenvalue weighted by Crippen LogP contribution is 2.16. The number of rotatable bonds is 1. The fourth-order valence-electron chi connectivity index (χ4n) is 0.134. The summed E-state index contributed by atoms with van der Waals surface area (Å²) in [4.78, 5) is 0. The van der Waals surface area contributed by atoms with Gasteiger partial charge in [0.25, 0.3) is 0 Å². The SMILES string of the molecule is Cl.NC[C@@H](N)C(F)(F)F. The third-order valence-electron chi connectivity index (χ3n) is 0.674. The first kappa shape index (κ1) is 11.8. The standard InChI is InChI=1S/C3H7F3N2.ClH/c4-3(5,6)2(8)1-7;/h2H,1,7-8H2;1H/t2-;/m1./s1. The van der Waals surface area contributed by atoms with Gasteiger partial charge in [0.05, 0.1) is 0 Å². The van der Waals surface area contributed by atoms with Gasteiger partial charge in [-0.15, -0.1) is 12.4 Å². The lowest BCUT2D eigenvalue weighted by molar-refractivity contribution is -0.145. The Morgan fingerprint density at radius 2 is 1.67 bits per heavy atom. The van der Waals surface area contributed by atoms with E-state index in [4.69, 9.17) is 0 Å². The molecule has 0 bridgehead atoms. The molecule has 4 N–H and O–H groups in total. The topological polar surface area (TPSA) is 52.0 Å². The van der Waals surface area contributed by atoms with Gasteiger partial charge in [0.15, 0.2) is 0 Å². The Morgan fingerprint density at radius 1 is 1.33 bits per heavy atom. The molecule has 0 heterocycles. The second kappa shape index (κ2) is 3.92. The van der Waals surface area contributed by atoms with E-state index >= 15 is 0 Å². The van der Waals surface area contributed by atoms with Crippen LogP contribution in [-0.4, -0.2) is 18.8 Å². The summed E-state index contributed by atoms with van der Waals surface area (Å²) < 4.78 is 33.7. The average molecular weight is 165 g/mol. The first-order valence-corrected chi connectivity index (χ1v) is 2.01. The molecule has 58 valence electrons. The average Bonchev–Trinajstić information content (AvgIpc) is 1.62. The second-order valence-electron chi connectivity index (χ2n) is 1.38. The minimum atomic E-state index is -4.34. The number of halogens is 4. The van der Waals surface area contributed by atoms with Crippen LogP contribution in [0.5, 0.6) is 0 Å². The first-order valence-electron chi connectivity index (χ1n) is 2.01. The third kappa shape index (κ3) is 4.50. The molecule has 6 heteroatoms. The van der Waals surface area contributed by atoms with E-state index < -0.39 is 18.8 Å². The first-order chi connectivity index (χ1) is 3.48. The van der Waals surface area contributed by atoms with Gasteiger partial charge in [0.1, 0.15) is 6.04 Å². The van der Waals surface area contributed by atoms with E-state index in [0.717, 1.165) is 0 Å². The van der Waals surface area contributed by atoms with Crippen molar-refractivity contribution in [2.24, 2.45) is 11.5 Å². The highest BCUT2D eigenvalue weighted by atomic mass is 35.5. The van der Waals surface area contributed by atoms with Crippen molar-refractivity contribution in [1.29, 1.82) is 0 Å². The van der Waals surface area contributed by atoms with Crippen LogP contribution in [-0.2, 0) is 0 Å². The molecule has 0 saturated carbocycles. The van der Waals surface area contributed by atoms with Crippen molar-refractivity contribution in [3.05, 3.63) is 0 Å². The Hall–Kier alpha value is -0.0000000000000000555. The minimum absolute atomic E-state index is 0. The summed E-state index contributed by atoms with van der Waals surface area (Å²) in [6.45, 7) is -0.552. The number of hydrogen-bond donors (Lipinski definition) is 2. The van der Waals surface area contributed by atoms with E-state index in [-0.39, 0.29) is 12.4 Å². The van der Waals surface area contributed by atoms with Crippen molar-refractivity contribution >= 4 is 12.4 Å². The van der Waals surface area contributed by atoms with Gasteiger partial charge in [-0.05, 0) is 0 Å². The molecule has 0 saturated heterocycles. The van der Waals surface area contributed by atoms with Gasteiger partial charge in [0.2, 0.25) is 0 Å². The maximum absolute atomic E-state index is 11.2. The molecule has 9 heavy (non-hydrogen) atoms. The molecule has 0 unspecified atom stereocenters. The van der Waals surface area contributed by atoms with Crippen LogP contribution in [0.1, 0.15) is 0 Å². The van der Waals surface area contributed by atoms with Crippen LogP contribution in [0.15, 0.2) is 0 Å². The molecule has 0 aliphatic heterocycles. The van der Waals surface area contributed by atoms with Gasteiger partial charge in [-0.1, -0.05) is 0 Å². The smallest absolute Gasteiger partial charge is 0.329 e. The molecule has 0 aliphatic carbocycles. The predicted molar refractivity (Wildman–Crippen MR) is 30.3 cm³/mol. The van der Waals surface area contributed by atoms with Crippen LogP contribution in [0.4, 0.5) is 13.2 Å². The number of alkyl halides is 3. The molecule has 0 aromatic heterocycles. The van der Waals surface area contributed by atoms with Crippen molar-refractivity contribution in [3.63, 3.8) is 0 Å². The van der Waals surface area contributed by atoms with Crippen LogP contribution < -0.4 is 11.5 Å². The summed E-state index contributed by atoms with van der Waals surface area (Å²) >= 11 is 0. The fourth-order valence-corrected chi connectivity index (χ4v) is 0.134. The summed E-state index contributed by atoms with van der Waals surface area (Å²) in [7, 11) is 0. The zero-order valence-corrected chi connectivity index (χ0v) is 5.30. The highest BCUT2D eigenvalue weighted by molar-refractivity contribution is 5.85. The normalized spacial score (nSPS) is 14.3. The molecular formula is C3H8ClF3N2. The zero-order chi connectivity index (χ0) is 6.78. The van der Waals surface area contributed by atoms with E-state index in [2.05, 4.69) is 11.5 Å². The van der Waals surface area contributed by atoms with Crippen molar-refractivity contribution in [2.75, 3.05) is 6.54 Å². The molecule has 1 atom stereocenters. The Kier molecular flexibility index (Phi) is 5.12. The Bertz CT molecular complexity index is 73.9. The van der Waals surface area contributed by atoms with Crippen LogP contribution in [0.2, 0.25) is 0 Å². The molecule has 0 aromatic carbocycles. The molecule has 0 fully saturated rings. The monoisotopic (exact) mass is 164 g/mol. The quantitative estimate of drug-likeness (QED) is 0.584. The highest BCUT2D eigenvalue weighted by Gasteiger charge is 2.35. The van der Waals surface area contributed by atoms with Gasteiger partial charge >= 0.3 is 6.18 Å². The van der Waals surface area contributed by atoms with Crippen LogP contribution in [0.3, 0.4) is 0 Å². The van der Waals surface area contributed by atoms with Crippen molar-refractivity contribution in [2.45, 2.75) is 12.2 Å². The summed E-state index contributed by atoms with van der Waals surface area (Å²) in [5.41, 5.74) is 9.11. The van der Waals surface area contributed by atoms with E-state index in [9.17, 15) is 13.2 Å². The van der Waals surface area contributed by atoms with Crippen molar-refractivity contribution in [1.82, 2.24) is 0 Å². The molecular weight excluding hydrogens is 156 g/mol. The zero-order valence-electron chi connectivity index (χ0n) is 4.48. The van der Waals surface area contributed by atoms with E-state index in [1.807, 2.05) is 0 Å². The van der Waals surface area contributed by atoms with Gasteiger partial charge in [-0.2, -0.15) is 13.2 Å². The number of hydrogen-bond acceptors (Lipinski definition) is 2. The molecule has 0 aromatic rings. The lowest BCUT2D eigenvalue weighted by Gasteiger charge is -2.11. The summed E-state index contributed by atoms with van der Waals surface area (Å²) in [5, 5.41) is 0. The van der Waals surface area contributed by atoms with Gasteiger partial charge < -0.3 is 11.5 Å². The third-order valence-corrected chi connectivity index (χ3v) is 0.674. The number of nitrogens with two attached hydrogens (primary N) is 2. The lowest BCUT2D eigenvalue weighted by Crippen LogP contribution is -2.43. The summed E-state index contributed by atoms with van der Waals surface area (Å²) in [6, 6.07) is -1.87. The fraction of sp³-hybridized carbons (Fsp3) is 1.00. The Balaban J connectivity index is 0. The van der Waals surface area contributed by atoms with E-state index in [1.165, 1.54) is 0 Å². The van der Waals surface area contributed by atoms with E-state index in [0.29, 0.717) is 0 Å². The molecule has 0 aliphatic rings. The predicted octanol–water partition coefficient (Wildman–Crippen LogP) is 0.257. The van der Waals surface area contributed by atoms with Crippen LogP contribution in [0.25, 0.3) is 0 Å². The summed E-state index contributed by atoms with van der Waals surface area (Å²) in [6.07, 6.45) is -4.34. The maximum atomic E-state index is 11.2. The van der Waals surface area contributed by atoms with E-state index in [1.54, 1.807) is 0 Å². The maximum Gasteiger partial charge on any atom is 0.404 e. The Morgan fingerprint density at radius 3 is 1.67 bits per heavy atom. The van der Waals surface area contributed by atoms with Crippen LogP contribution >= 0.6 is 12.4 Å². The summed E-state index contributed by atoms with van der Waals surface area (Å²) in [5.74, 6) is 0. The molecule has 0 amide bonds. The van der Waals surface area contributed by atoms with Gasteiger partial charge in [-0.3, -0.25) is 0 Å². The lowest BCUT2D eigenvalue weighted by atomic mass is 10.3. The van der Waals surface area contributed by atoms with Crippen molar-refractivity contribution < 1.29 is 13.2 Å². The molecule has 0 radical (unpaired) electrons.